The van der Waals surface area contributed by atoms with E-state index in [9.17, 15) is 14.4 Å². The second-order valence-corrected chi connectivity index (χ2v) is 15.7. The monoisotopic (exact) mass is 569 g/mol. The van der Waals surface area contributed by atoms with Crippen molar-refractivity contribution < 1.29 is 28.3 Å². The number of hydrogen-bond acceptors (Lipinski definition) is 6. The van der Waals surface area contributed by atoms with Crippen LogP contribution in [0.15, 0.2) is 97.1 Å². The number of ether oxygens (including phenoxy) is 2. The third kappa shape index (κ3) is 5.30. The van der Waals surface area contributed by atoms with Crippen molar-refractivity contribution in [1.29, 1.82) is 0 Å². The molecular formula is C33H35NO6Si. The van der Waals surface area contributed by atoms with Crippen molar-refractivity contribution in [2.75, 3.05) is 13.7 Å². The van der Waals surface area contributed by atoms with Crippen LogP contribution >= 0.6 is 0 Å². The number of esters is 1. The maximum absolute atomic E-state index is 13.5. The van der Waals surface area contributed by atoms with Gasteiger partial charge >= 0.3 is 5.97 Å². The van der Waals surface area contributed by atoms with Crippen LogP contribution in [-0.2, 0) is 18.7 Å². The first kappa shape index (κ1) is 28.7. The highest BCUT2D eigenvalue weighted by molar-refractivity contribution is 6.99. The second kappa shape index (κ2) is 11.6. The van der Waals surface area contributed by atoms with Crippen molar-refractivity contribution in [1.82, 2.24) is 4.90 Å². The molecule has 41 heavy (non-hydrogen) atoms. The fourth-order valence-corrected chi connectivity index (χ4v) is 10.5. The van der Waals surface area contributed by atoms with Gasteiger partial charge in [0.2, 0.25) is 0 Å². The van der Waals surface area contributed by atoms with E-state index in [0.29, 0.717) is 11.1 Å². The first-order chi connectivity index (χ1) is 19.7. The van der Waals surface area contributed by atoms with E-state index in [1.807, 2.05) is 36.4 Å². The summed E-state index contributed by atoms with van der Waals surface area (Å²) in [4.78, 5) is 40.3. The van der Waals surface area contributed by atoms with Crippen LogP contribution in [0.1, 0.15) is 47.9 Å². The highest BCUT2D eigenvalue weighted by atomic mass is 28.4. The molecule has 0 aliphatic carbocycles. The molecule has 3 aromatic carbocycles. The van der Waals surface area contributed by atoms with Crippen LogP contribution in [0.4, 0.5) is 0 Å². The molecule has 5 rings (SSSR count). The number of methoxy groups -OCH3 is 1. The first-order valence-electron chi connectivity index (χ1n) is 13.8. The fourth-order valence-electron chi connectivity index (χ4n) is 5.91. The van der Waals surface area contributed by atoms with Crippen LogP contribution in [0.3, 0.4) is 0 Å². The summed E-state index contributed by atoms with van der Waals surface area (Å²) in [5.74, 6) is -1.15. The SMILES string of the molecule is COC(=O)C[C@@H]1C=C[C@H](N2C(=O)c3ccccc3C2=O)[C@@H](CO[Si](c2ccccc2)(c2ccccc2)C(C)(C)C)O1. The molecule has 2 amide bonds. The van der Waals surface area contributed by atoms with Crippen molar-refractivity contribution >= 4 is 36.5 Å². The van der Waals surface area contributed by atoms with Gasteiger partial charge < -0.3 is 13.9 Å². The number of fused-ring (bicyclic) bond motifs is 1. The van der Waals surface area contributed by atoms with Crippen LogP contribution in [0, 0.1) is 0 Å². The molecule has 0 fully saturated rings. The zero-order chi connectivity index (χ0) is 29.2. The van der Waals surface area contributed by atoms with Gasteiger partial charge in [0.25, 0.3) is 20.1 Å². The van der Waals surface area contributed by atoms with Crippen LogP contribution in [0.5, 0.6) is 0 Å². The lowest BCUT2D eigenvalue weighted by molar-refractivity contribution is -0.145. The molecule has 0 saturated heterocycles. The molecule has 3 atom stereocenters. The molecule has 2 aliphatic rings. The highest BCUT2D eigenvalue weighted by Crippen LogP contribution is 2.38. The quantitative estimate of drug-likeness (QED) is 0.176. The largest absolute Gasteiger partial charge is 0.469 e. The molecule has 0 bridgehead atoms. The van der Waals surface area contributed by atoms with Gasteiger partial charge in [0.1, 0.15) is 6.10 Å². The lowest BCUT2D eigenvalue weighted by atomic mass is 10.0. The molecule has 0 aromatic heterocycles. The molecule has 2 heterocycles. The van der Waals surface area contributed by atoms with Gasteiger partial charge in [-0.15, -0.1) is 0 Å². The standard InChI is InChI=1S/C33H35NO6Si/c1-33(2,3)41(24-13-7-5-8-14-24,25-15-9-6-10-16-25)39-22-29-28(20-19-23(40-29)21-30(35)38-4)34-31(36)26-17-11-12-18-27(26)32(34)37/h5-20,23,28-29H,21-22H2,1-4H3/t23-,28-,29+/m0/s1. The summed E-state index contributed by atoms with van der Waals surface area (Å²) in [5.41, 5.74) is 0.739. The maximum Gasteiger partial charge on any atom is 0.308 e. The minimum Gasteiger partial charge on any atom is -0.469 e. The number of rotatable bonds is 8. The summed E-state index contributed by atoms with van der Waals surface area (Å²) in [6.07, 6.45) is 2.24. The molecule has 0 spiro atoms. The number of amides is 2. The Morgan fingerprint density at radius 2 is 1.34 bits per heavy atom. The summed E-state index contributed by atoms with van der Waals surface area (Å²) in [6, 6.07) is 26.6. The molecule has 0 radical (unpaired) electrons. The Morgan fingerprint density at radius 3 is 1.83 bits per heavy atom. The fraction of sp³-hybridized carbons (Fsp3) is 0.303. The number of hydrogen-bond donors (Lipinski definition) is 0. The Balaban J connectivity index is 1.54. The van der Waals surface area contributed by atoms with Crippen molar-refractivity contribution in [2.24, 2.45) is 0 Å². The molecule has 8 heteroatoms. The van der Waals surface area contributed by atoms with Gasteiger partial charge in [-0.05, 0) is 27.5 Å². The summed E-state index contributed by atoms with van der Waals surface area (Å²) < 4.78 is 18.4. The van der Waals surface area contributed by atoms with Gasteiger partial charge in [0, 0.05) is 0 Å². The molecular weight excluding hydrogens is 534 g/mol. The zero-order valence-electron chi connectivity index (χ0n) is 23.8. The lowest BCUT2D eigenvalue weighted by Crippen LogP contribution is -2.67. The van der Waals surface area contributed by atoms with Gasteiger partial charge in [-0.2, -0.15) is 0 Å². The van der Waals surface area contributed by atoms with Crippen LogP contribution in [0.2, 0.25) is 5.04 Å². The Hall–Kier alpha value is -3.85. The molecule has 2 aliphatic heterocycles. The van der Waals surface area contributed by atoms with Crippen molar-refractivity contribution in [3.05, 3.63) is 108 Å². The molecule has 0 unspecified atom stereocenters. The average Bonchev–Trinajstić information content (AvgIpc) is 3.23. The molecule has 7 nitrogen and oxygen atoms in total. The van der Waals surface area contributed by atoms with Crippen LogP contribution in [-0.4, -0.2) is 63.0 Å². The number of benzene rings is 3. The smallest absolute Gasteiger partial charge is 0.308 e. The molecule has 212 valence electrons. The van der Waals surface area contributed by atoms with E-state index in [1.54, 1.807) is 36.4 Å². The van der Waals surface area contributed by atoms with Gasteiger partial charge in [-0.3, -0.25) is 19.3 Å². The predicted molar refractivity (Wildman–Crippen MR) is 159 cm³/mol. The van der Waals surface area contributed by atoms with Gasteiger partial charge in [-0.25, -0.2) is 0 Å². The van der Waals surface area contributed by atoms with Crippen molar-refractivity contribution in [2.45, 2.75) is 50.5 Å². The van der Waals surface area contributed by atoms with Crippen molar-refractivity contribution in [3.8, 4) is 0 Å². The Kier molecular flexibility index (Phi) is 8.08. The first-order valence-corrected chi connectivity index (χ1v) is 15.7. The number of nitrogens with zero attached hydrogens (tertiary/aromatic N) is 1. The van der Waals surface area contributed by atoms with E-state index in [4.69, 9.17) is 13.9 Å². The van der Waals surface area contributed by atoms with Gasteiger partial charge in [0.15, 0.2) is 0 Å². The van der Waals surface area contributed by atoms with E-state index in [2.05, 4.69) is 45.0 Å². The second-order valence-electron chi connectivity index (χ2n) is 11.4. The summed E-state index contributed by atoms with van der Waals surface area (Å²) >= 11 is 0. The minimum absolute atomic E-state index is 0.0115. The van der Waals surface area contributed by atoms with Crippen molar-refractivity contribution in [3.63, 3.8) is 0 Å². The van der Waals surface area contributed by atoms with Gasteiger partial charge in [-0.1, -0.05) is 106 Å². The van der Waals surface area contributed by atoms with Gasteiger partial charge in [0.05, 0.1) is 43.4 Å². The normalized spacial score (nSPS) is 20.7. The van der Waals surface area contributed by atoms with E-state index < -0.39 is 32.5 Å². The number of carbonyl (C=O) groups excluding carboxylic acids is 3. The lowest BCUT2D eigenvalue weighted by Gasteiger charge is -2.45. The van der Waals surface area contributed by atoms with E-state index >= 15 is 0 Å². The van der Waals surface area contributed by atoms with Crippen LogP contribution < -0.4 is 10.4 Å². The average molecular weight is 570 g/mol. The number of imide groups is 1. The summed E-state index contributed by atoms with van der Waals surface area (Å²) in [6.45, 7) is 6.65. The Morgan fingerprint density at radius 1 is 0.829 bits per heavy atom. The molecule has 0 saturated carbocycles. The zero-order valence-corrected chi connectivity index (χ0v) is 24.8. The molecule has 0 N–H and O–H groups in total. The maximum atomic E-state index is 13.5. The van der Waals surface area contributed by atoms with Crippen LogP contribution in [0.25, 0.3) is 0 Å². The predicted octanol–water partition coefficient (Wildman–Crippen LogP) is 4.11. The van der Waals surface area contributed by atoms with E-state index in [1.165, 1.54) is 12.0 Å². The minimum atomic E-state index is -2.94. The third-order valence-electron chi connectivity index (χ3n) is 7.85. The Labute approximate surface area is 241 Å². The summed E-state index contributed by atoms with van der Waals surface area (Å²) in [5, 5.41) is 1.93. The molecule has 3 aromatic rings. The third-order valence-corrected chi connectivity index (χ3v) is 12.9. The van der Waals surface area contributed by atoms with E-state index in [0.717, 1.165) is 10.4 Å². The number of carbonyl (C=O) groups is 3. The Bertz CT molecular complexity index is 1370. The highest BCUT2D eigenvalue weighted by Gasteiger charge is 2.52. The topological polar surface area (TPSA) is 82.1 Å². The summed E-state index contributed by atoms with van der Waals surface area (Å²) in [7, 11) is -1.61. The van der Waals surface area contributed by atoms with E-state index in [-0.39, 0.29) is 29.9 Å².